The number of aromatic nitrogens is 2. The Hall–Kier alpha value is -2.42. The van der Waals surface area contributed by atoms with Crippen LogP contribution in [0.4, 0.5) is 0 Å². The van der Waals surface area contributed by atoms with Gasteiger partial charge < -0.3 is 9.14 Å². The molecule has 1 saturated heterocycles. The number of methoxy groups -OCH3 is 1. The molecule has 0 amide bonds. The van der Waals surface area contributed by atoms with Crippen molar-refractivity contribution in [1.82, 2.24) is 18.6 Å². The highest BCUT2D eigenvalue weighted by molar-refractivity contribution is 7.89. The van der Waals surface area contributed by atoms with Crippen LogP contribution in [-0.4, -0.2) is 60.3 Å². The van der Waals surface area contributed by atoms with Crippen molar-refractivity contribution in [3.63, 3.8) is 0 Å². The van der Waals surface area contributed by atoms with E-state index in [1.54, 1.807) is 28.6 Å². The minimum absolute atomic E-state index is 0.275. The fourth-order valence-corrected chi connectivity index (χ4v) is 4.83. The number of hydrogen-bond acceptors (Lipinski definition) is 5. The summed E-state index contributed by atoms with van der Waals surface area (Å²) in [5.74, 6) is 0.544. The third-order valence-corrected chi connectivity index (χ3v) is 6.78. The molecule has 0 radical (unpaired) electrons. The van der Waals surface area contributed by atoms with Crippen LogP contribution in [-0.2, 0) is 16.6 Å². The third kappa shape index (κ3) is 3.55. The number of nitrogens with zero attached hydrogens (tertiary/aromatic N) is 4. The van der Waals surface area contributed by atoms with Crippen molar-refractivity contribution in [3.05, 3.63) is 60.6 Å². The van der Waals surface area contributed by atoms with Crippen LogP contribution in [0.15, 0.2) is 59.8 Å². The van der Waals surface area contributed by atoms with Gasteiger partial charge in [0.2, 0.25) is 10.0 Å². The summed E-state index contributed by atoms with van der Waals surface area (Å²) in [6, 6.07) is 12.6. The lowest BCUT2D eigenvalue weighted by Crippen LogP contribution is -2.48. The summed E-state index contributed by atoms with van der Waals surface area (Å²) < 4.78 is 34.5. The highest BCUT2D eigenvalue weighted by Gasteiger charge is 2.29. The number of imidazole rings is 1. The number of fused-ring (bicyclic) bond motifs is 1. The Morgan fingerprint density at radius 2 is 1.89 bits per heavy atom. The zero-order chi connectivity index (χ0) is 18.9. The van der Waals surface area contributed by atoms with Crippen LogP contribution >= 0.6 is 0 Å². The van der Waals surface area contributed by atoms with Crippen LogP contribution in [0.5, 0.6) is 5.75 Å². The molecule has 0 spiro atoms. The molecule has 7 nitrogen and oxygen atoms in total. The molecule has 0 aliphatic carbocycles. The van der Waals surface area contributed by atoms with Gasteiger partial charge in [0, 0.05) is 45.0 Å². The fraction of sp³-hybridized carbons (Fsp3) is 0.316. The maximum atomic E-state index is 12.9. The molecule has 3 aromatic rings. The molecule has 0 unspecified atom stereocenters. The van der Waals surface area contributed by atoms with Crippen LogP contribution in [0, 0.1) is 0 Å². The number of sulfonamides is 1. The van der Waals surface area contributed by atoms with E-state index in [1.165, 1.54) is 7.11 Å². The van der Waals surface area contributed by atoms with Gasteiger partial charge in [0.25, 0.3) is 0 Å². The van der Waals surface area contributed by atoms with E-state index in [9.17, 15) is 8.42 Å². The van der Waals surface area contributed by atoms with E-state index in [0.29, 0.717) is 31.9 Å². The summed E-state index contributed by atoms with van der Waals surface area (Å²) in [5, 5.41) is 0. The zero-order valence-corrected chi connectivity index (χ0v) is 16.0. The van der Waals surface area contributed by atoms with E-state index in [0.717, 1.165) is 17.9 Å². The molecule has 1 aromatic carbocycles. The van der Waals surface area contributed by atoms with Gasteiger partial charge in [-0.05, 0) is 24.3 Å². The van der Waals surface area contributed by atoms with Crippen molar-refractivity contribution in [2.24, 2.45) is 0 Å². The Morgan fingerprint density at radius 3 is 2.67 bits per heavy atom. The number of pyridine rings is 1. The molecule has 0 bridgehead atoms. The molecule has 1 fully saturated rings. The van der Waals surface area contributed by atoms with Crippen molar-refractivity contribution in [2.45, 2.75) is 11.4 Å². The molecular formula is C19H22N4O3S. The quantitative estimate of drug-likeness (QED) is 0.670. The molecule has 2 aromatic heterocycles. The summed E-state index contributed by atoms with van der Waals surface area (Å²) in [5.41, 5.74) is 2.03. The lowest BCUT2D eigenvalue weighted by molar-refractivity contribution is 0.179. The molecule has 142 valence electrons. The monoisotopic (exact) mass is 386 g/mol. The predicted octanol–water partition coefficient (Wildman–Crippen LogP) is 1.85. The maximum absolute atomic E-state index is 12.9. The number of hydrogen-bond donors (Lipinski definition) is 0. The standard InChI is InChI=1S/C19H22N4O3S/c1-26-17-5-4-6-18(13-17)27(24,25)22-11-9-21(10-12-22)15-16-14-20-19-7-2-3-8-23(16)19/h2-8,13-14H,9-12,15H2,1H3. The first-order valence-corrected chi connectivity index (χ1v) is 10.3. The summed E-state index contributed by atoms with van der Waals surface area (Å²) in [4.78, 5) is 6.95. The average Bonchev–Trinajstić information content (AvgIpc) is 3.11. The molecule has 0 atom stereocenters. The first-order valence-electron chi connectivity index (χ1n) is 8.85. The van der Waals surface area contributed by atoms with Gasteiger partial charge in [-0.3, -0.25) is 4.90 Å². The number of benzene rings is 1. The first-order chi connectivity index (χ1) is 13.1. The second-order valence-corrected chi connectivity index (χ2v) is 8.48. The van der Waals surface area contributed by atoms with Crippen molar-refractivity contribution in [3.8, 4) is 5.75 Å². The maximum Gasteiger partial charge on any atom is 0.243 e. The second-order valence-electron chi connectivity index (χ2n) is 6.54. The number of rotatable bonds is 5. The average molecular weight is 386 g/mol. The smallest absolute Gasteiger partial charge is 0.243 e. The summed E-state index contributed by atoms with van der Waals surface area (Å²) in [6.07, 6.45) is 3.88. The SMILES string of the molecule is COc1cccc(S(=O)(=O)N2CCN(Cc3cnc4ccccn34)CC2)c1. The summed E-state index contributed by atoms with van der Waals surface area (Å²) >= 11 is 0. The van der Waals surface area contributed by atoms with E-state index in [4.69, 9.17) is 4.74 Å². The van der Waals surface area contributed by atoms with Gasteiger partial charge >= 0.3 is 0 Å². The van der Waals surface area contributed by atoms with E-state index < -0.39 is 10.0 Å². The van der Waals surface area contributed by atoms with Crippen molar-refractivity contribution in [2.75, 3.05) is 33.3 Å². The van der Waals surface area contributed by atoms with Gasteiger partial charge in [0.15, 0.2) is 0 Å². The molecule has 8 heteroatoms. The molecule has 1 aliphatic rings. The topological polar surface area (TPSA) is 67.2 Å². The van der Waals surface area contributed by atoms with Crippen LogP contribution in [0.25, 0.3) is 5.65 Å². The third-order valence-electron chi connectivity index (χ3n) is 4.89. The van der Waals surface area contributed by atoms with Gasteiger partial charge in [-0.15, -0.1) is 0 Å². The highest BCUT2D eigenvalue weighted by atomic mass is 32.2. The molecule has 1 aliphatic heterocycles. The summed E-state index contributed by atoms with van der Waals surface area (Å²) in [7, 11) is -1.97. The van der Waals surface area contributed by atoms with Gasteiger partial charge in [0.05, 0.1) is 23.9 Å². The Bertz CT molecular complexity index is 1040. The number of ether oxygens (including phenoxy) is 1. The van der Waals surface area contributed by atoms with Crippen molar-refractivity contribution in [1.29, 1.82) is 0 Å². The van der Waals surface area contributed by atoms with E-state index >= 15 is 0 Å². The Morgan fingerprint density at radius 1 is 1.07 bits per heavy atom. The number of piperazine rings is 1. The molecule has 27 heavy (non-hydrogen) atoms. The highest BCUT2D eigenvalue weighted by Crippen LogP contribution is 2.22. The molecule has 4 rings (SSSR count). The minimum atomic E-state index is -3.51. The van der Waals surface area contributed by atoms with E-state index in [2.05, 4.69) is 14.3 Å². The van der Waals surface area contributed by atoms with Crippen LogP contribution in [0.2, 0.25) is 0 Å². The van der Waals surface area contributed by atoms with Crippen molar-refractivity contribution >= 4 is 15.7 Å². The van der Waals surface area contributed by atoms with Gasteiger partial charge in [-0.25, -0.2) is 13.4 Å². The largest absolute Gasteiger partial charge is 0.497 e. The van der Waals surface area contributed by atoms with Gasteiger partial charge in [-0.1, -0.05) is 12.1 Å². The fourth-order valence-electron chi connectivity index (χ4n) is 3.37. The normalized spacial score (nSPS) is 16.6. The minimum Gasteiger partial charge on any atom is -0.497 e. The lowest BCUT2D eigenvalue weighted by atomic mass is 10.3. The molecule has 3 heterocycles. The summed E-state index contributed by atoms with van der Waals surface area (Å²) in [6.45, 7) is 3.05. The Balaban J connectivity index is 1.44. The van der Waals surface area contributed by atoms with Crippen molar-refractivity contribution < 1.29 is 13.2 Å². The van der Waals surface area contributed by atoms with Gasteiger partial charge in [-0.2, -0.15) is 4.31 Å². The predicted molar refractivity (Wildman–Crippen MR) is 102 cm³/mol. The van der Waals surface area contributed by atoms with Gasteiger partial charge in [0.1, 0.15) is 11.4 Å². The second kappa shape index (κ2) is 7.30. The Kier molecular flexibility index (Phi) is 4.86. The van der Waals surface area contributed by atoms with Crippen LogP contribution < -0.4 is 4.74 Å². The van der Waals surface area contributed by atoms with E-state index in [1.807, 2.05) is 30.6 Å². The molecule has 0 saturated carbocycles. The zero-order valence-electron chi connectivity index (χ0n) is 15.2. The van der Waals surface area contributed by atoms with Crippen LogP contribution in [0.1, 0.15) is 5.69 Å². The Labute approximate surface area is 158 Å². The molecule has 0 N–H and O–H groups in total. The van der Waals surface area contributed by atoms with Crippen LogP contribution in [0.3, 0.4) is 0 Å². The lowest BCUT2D eigenvalue weighted by Gasteiger charge is -2.33. The molecular weight excluding hydrogens is 364 g/mol. The van der Waals surface area contributed by atoms with E-state index in [-0.39, 0.29) is 4.90 Å². The first kappa shape index (κ1) is 18.0.